The molecule has 1 atom stereocenters. The van der Waals surface area contributed by atoms with Gasteiger partial charge >= 0.3 is 0 Å². The normalized spacial score (nSPS) is 15.6. The molecule has 2 heterocycles. The molecule has 1 aliphatic carbocycles. The Kier molecular flexibility index (Phi) is 5.47. The van der Waals surface area contributed by atoms with E-state index in [1.807, 2.05) is 48.7 Å². The second-order valence-corrected chi connectivity index (χ2v) is 8.49. The molecular formula is C26H24ClN3O. The molecule has 0 radical (unpaired) electrons. The van der Waals surface area contributed by atoms with Crippen LogP contribution in [0.3, 0.4) is 0 Å². The Morgan fingerprint density at radius 2 is 1.87 bits per heavy atom. The summed E-state index contributed by atoms with van der Waals surface area (Å²) in [5, 5.41) is 3.96. The van der Waals surface area contributed by atoms with E-state index in [-0.39, 0.29) is 11.9 Å². The highest BCUT2D eigenvalue weighted by Crippen LogP contribution is 2.30. The first-order chi connectivity index (χ1) is 15.2. The summed E-state index contributed by atoms with van der Waals surface area (Å²) in [5.41, 5.74) is 6.44. The predicted octanol–water partition coefficient (Wildman–Crippen LogP) is 5.78. The van der Waals surface area contributed by atoms with Crippen molar-refractivity contribution in [2.45, 2.75) is 38.1 Å². The van der Waals surface area contributed by atoms with Crippen LogP contribution in [-0.2, 0) is 17.6 Å². The van der Waals surface area contributed by atoms with Crippen LogP contribution in [0.5, 0.6) is 0 Å². The molecule has 1 aliphatic rings. The molecule has 4 nitrogen and oxygen atoms in total. The van der Waals surface area contributed by atoms with Gasteiger partial charge in [0.05, 0.1) is 17.4 Å². The molecule has 1 amide bonds. The quantitative estimate of drug-likeness (QED) is 0.437. The molecule has 5 rings (SSSR count). The summed E-state index contributed by atoms with van der Waals surface area (Å²) in [6.45, 7) is 0. The highest BCUT2D eigenvalue weighted by atomic mass is 35.5. The van der Waals surface area contributed by atoms with E-state index >= 15 is 0 Å². The van der Waals surface area contributed by atoms with E-state index in [9.17, 15) is 4.79 Å². The van der Waals surface area contributed by atoms with Crippen molar-refractivity contribution in [1.29, 1.82) is 0 Å². The number of nitrogens with zero attached hydrogens (tertiary/aromatic N) is 2. The molecule has 31 heavy (non-hydrogen) atoms. The largest absolute Gasteiger partial charge is 0.349 e. The lowest BCUT2D eigenvalue weighted by molar-refractivity contribution is -0.121. The first-order valence-corrected chi connectivity index (χ1v) is 11.2. The number of aryl methyl sites for hydroxylation is 2. The number of carbonyl (C=O) groups excluding carboxylic acids is 1. The van der Waals surface area contributed by atoms with Crippen molar-refractivity contribution >= 4 is 23.2 Å². The van der Waals surface area contributed by atoms with E-state index < -0.39 is 0 Å². The first kappa shape index (κ1) is 19.8. The lowest BCUT2D eigenvalue weighted by atomic mass is 9.87. The molecule has 0 unspecified atom stereocenters. The lowest BCUT2D eigenvalue weighted by Crippen LogP contribution is -2.31. The first-order valence-electron chi connectivity index (χ1n) is 10.8. The van der Waals surface area contributed by atoms with Crippen LogP contribution < -0.4 is 5.32 Å². The van der Waals surface area contributed by atoms with E-state index in [2.05, 4.69) is 34.0 Å². The molecule has 5 heteroatoms. The third kappa shape index (κ3) is 4.08. The maximum absolute atomic E-state index is 12.9. The molecular weight excluding hydrogens is 406 g/mol. The van der Waals surface area contributed by atoms with Crippen LogP contribution in [0.25, 0.3) is 16.9 Å². The van der Waals surface area contributed by atoms with Gasteiger partial charge in [-0.3, -0.25) is 4.79 Å². The van der Waals surface area contributed by atoms with E-state index in [1.54, 1.807) is 0 Å². The average molecular weight is 430 g/mol. The van der Waals surface area contributed by atoms with Gasteiger partial charge in [-0.25, -0.2) is 4.98 Å². The molecule has 0 fully saturated rings. The molecule has 1 N–H and O–H groups in total. The molecule has 0 saturated heterocycles. The van der Waals surface area contributed by atoms with E-state index in [1.165, 1.54) is 11.1 Å². The fourth-order valence-corrected chi connectivity index (χ4v) is 4.65. The number of imidazole rings is 1. The number of hydrogen-bond acceptors (Lipinski definition) is 2. The molecule has 0 bridgehead atoms. The van der Waals surface area contributed by atoms with Crippen LogP contribution in [0.2, 0.25) is 5.02 Å². The maximum Gasteiger partial charge on any atom is 0.220 e. The fraction of sp³-hybridized carbons (Fsp3) is 0.231. The van der Waals surface area contributed by atoms with Crippen LogP contribution in [0.4, 0.5) is 0 Å². The fourth-order valence-electron chi connectivity index (χ4n) is 4.53. The van der Waals surface area contributed by atoms with Crippen LogP contribution in [-0.4, -0.2) is 15.3 Å². The van der Waals surface area contributed by atoms with Gasteiger partial charge in [-0.1, -0.05) is 54.1 Å². The minimum Gasteiger partial charge on any atom is -0.349 e. The van der Waals surface area contributed by atoms with Gasteiger partial charge in [-0.2, -0.15) is 0 Å². The summed E-state index contributed by atoms with van der Waals surface area (Å²) >= 11 is 6.07. The van der Waals surface area contributed by atoms with Crippen molar-refractivity contribution in [2.75, 3.05) is 0 Å². The van der Waals surface area contributed by atoms with Crippen molar-refractivity contribution in [1.82, 2.24) is 14.7 Å². The summed E-state index contributed by atoms with van der Waals surface area (Å²) in [6.07, 6.45) is 6.23. The van der Waals surface area contributed by atoms with Gasteiger partial charge in [0.2, 0.25) is 5.91 Å². The number of benzene rings is 2. The SMILES string of the molecule is O=C(CCc1c(-c2ccc(Cl)cc2)nc2ccccn12)N[C@H]1CCCc2ccccc21. The zero-order chi connectivity index (χ0) is 21.2. The van der Waals surface area contributed by atoms with E-state index in [0.29, 0.717) is 17.9 Å². The topological polar surface area (TPSA) is 46.4 Å². The Bertz CT molecular complexity index is 1230. The van der Waals surface area contributed by atoms with Crippen LogP contribution >= 0.6 is 11.6 Å². The predicted molar refractivity (Wildman–Crippen MR) is 124 cm³/mol. The van der Waals surface area contributed by atoms with E-state index in [4.69, 9.17) is 16.6 Å². The zero-order valence-electron chi connectivity index (χ0n) is 17.2. The number of aromatic nitrogens is 2. The van der Waals surface area contributed by atoms with Gasteiger partial charge in [-0.15, -0.1) is 0 Å². The number of nitrogens with one attached hydrogen (secondary N) is 1. The second kappa shape index (κ2) is 8.56. The minimum absolute atomic E-state index is 0.0784. The third-order valence-electron chi connectivity index (χ3n) is 6.04. The standard InChI is InChI=1S/C26H24ClN3O/c27-20-13-11-19(12-14-20)26-23(30-17-4-3-10-24(30)29-26)15-16-25(31)28-22-9-5-7-18-6-1-2-8-21(18)22/h1-4,6,8,10-14,17,22H,5,7,9,15-16H2,(H,28,31)/t22-/m0/s1. The Balaban J connectivity index is 1.37. The van der Waals surface area contributed by atoms with Gasteiger partial charge in [-0.05, 0) is 61.1 Å². The number of rotatable bonds is 5. The van der Waals surface area contributed by atoms with Crippen LogP contribution in [0, 0.1) is 0 Å². The molecule has 4 aromatic rings. The molecule has 156 valence electrons. The Labute approximate surface area is 186 Å². The number of halogens is 1. The highest BCUT2D eigenvalue weighted by Gasteiger charge is 2.22. The van der Waals surface area contributed by atoms with Crippen LogP contribution in [0.15, 0.2) is 72.9 Å². The van der Waals surface area contributed by atoms with Gasteiger partial charge < -0.3 is 9.72 Å². The van der Waals surface area contributed by atoms with E-state index in [0.717, 1.165) is 41.9 Å². The Morgan fingerprint density at radius 1 is 1.06 bits per heavy atom. The maximum atomic E-state index is 12.9. The summed E-state index contributed by atoms with van der Waals surface area (Å²) in [4.78, 5) is 17.7. The van der Waals surface area contributed by atoms with Crippen molar-refractivity contribution < 1.29 is 4.79 Å². The number of amides is 1. The highest BCUT2D eigenvalue weighted by molar-refractivity contribution is 6.30. The second-order valence-electron chi connectivity index (χ2n) is 8.05. The number of hydrogen-bond donors (Lipinski definition) is 1. The van der Waals surface area contributed by atoms with Crippen LogP contribution in [0.1, 0.15) is 42.1 Å². The average Bonchev–Trinajstić information content (AvgIpc) is 3.17. The van der Waals surface area contributed by atoms with Crippen molar-refractivity contribution in [3.63, 3.8) is 0 Å². The lowest BCUT2D eigenvalue weighted by Gasteiger charge is -2.26. The molecule has 0 saturated carbocycles. The number of pyridine rings is 1. The smallest absolute Gasteiger partial charge is 0.220 e. The molecule has 2 aromatic carbocycles. The Hall–Kier alpha value is -3.11. The summed E-state index contributed by atoms with van der Waals surface area (Å²) in [6, 6.07) is 22.2. The number of carbonyl (C=O) groups is 1. The molecule has 2 aromatic heterocycles. The summed E-state index contributed by atoms with van der Waals surface area (Å²) in [7, 11) is 0. The van der Waals surface area contributed by atoms with Crippen molar-refractivity contribution in [3.05, 3.63) is 94.8 Å². The minimum atomic E-state index is 0.0784. The van der Waals surface area contributed by atoms with Crippen molar-refractivity contribution in [3.8, 4) is 11.3 Å². The summed E-state index contributed by atoms with van der Waals surface area (Å²) < 4.78 is 2.08. The van der Waals surface area contributed by atoms with Gasteiger partial charge in [0.1, 0.15) is 5.65 Å². The molecule has 0 spiro atoms. The third-order valence-corrected chi connectivity index (χ3v) is 6.29. The zero-order valence-corrected chi connectivity index (χ0v) is 18.0. The molecule has 0 aliphatic heterocycles. The number of fused-ring (bicyclic) bond motifs is 2. The van der Waals surface area contributed by atoms with Crippen molar-refractivity contribution in [2.24, 2.45) is 0 Å². The Morgan fingerprint density at radius 3 is 2.74 bits per heavy atom. The van der Waals surface area contributed by atoms with Gasteiger partial charge in [0.25, 0.3) is 0 Å². The van der Waals surface area contributed by atoms with Gasteiger partial charge in [0.15, 0.2) is 0 Å². The van der Waals surface area contributed by atoms with Gasteiger partial charge in [0, 0.05) is 23.2 Å². The summed E-state index contributed by atoms with van der Waals surface area (Å²) in [5.74, 6) is 0.0784. The monoisotopic (exact) mass is 429 g/mol.